The molecule has 0 saturated carbocycles. The molecule has 0 bridgehead atoms. The number of aromatic nitrogens is 2. The van der Waals surface area contributed by atoms with Crippen molar-refractivity contribution in [3.63, 3.8) is 0 Å². The molecular weight excluding hydrogens is 396 g/mol. The van der Waals surface area contributed by atoms with Gasteiger partial charge in [0.05, 0.1) is 29.0 Å². The highest BCUT2D eigenvalue weighted by atomic mass is 32.2. The number of hydrogen-bond acceptors (Lipinski definition) is 6. The van der Waals surface area contributed by atoms with E-state index in [1.807, 2.05) is 31.2 Å². The highest BCUT2D eigenvalue weighted by Crippen LogP contribution is 2.33. The number of carbonyl (C=O) groups excluding carboxylic acids is 2. The first-order chi connectivity index (χ1) is 13.8. The van der Waals surface area contributed by atoms with Crippen molar-refractivity contribution < 1.29 is 22.7 Å². The summed E-state index contributed by atoms with van der Waals surface area (Å²) in [7, 11) is -3.31. The van der Waals surface area contributed by atoms with Crippen molar-refractivity contribution in [3.8, 4) is 5.69 Å². The molecule has 10 heteroatoms. The van der Waals surface area contributed by atoms with E-state index < -0.39 is 21.7 Å². The van der Waals surface area contributed by atoms with Gasteiger partial charge in [-0.15, -0.1) is 0 Å². The Morgan fingerprint density at radius 3 is 2.66 bits per heavy atom. The van der Waals surface area contributed by atoms with Gasteiger partial charge in [-0.25, -0.2) is 13.1 Å². The van der Waals surface area contributed by atoms with Crippen LogP contribution in [0.1, 0.15) is 29.7 Å². The standard InChI is InChI=1S/C19H22N4O5S/c1-12-4-6-13(7-5-12)23-17(15-10-29(26,27)11-16(15)22-23)21-19(25)18(24)20-9-14-3-2-8-28-14/h4-7,14H,2-3,8-11H2,1H3,(H,20,24)(H,21,25)/t14-/m0/s1. The fraction of sp³-hybridized carbons (Fsp3) is 0.421. The zero-order chi connectivity index (χ0) is 20.6. The third kappa shape index (κ3) is 4.18. The van der Waals surface area contributed by atoms with Gasteiger partial charge in [0, 0.05) is 18.7 Å². The van der Waals surface area contributed by atoms with Gasteiger partial charge in [-0.1, -0.05) is 17.7 Å². The summed E-state index contributed by atoms with van der Waals surface area (Å²) in [4.78, 5) is 24.7. The molecule has 154 valence electrons. The molecule has 4 rings (SSSR count). The number of anilines is 1. The molecule has 9 nitrogen and oxygen atoms in total. The van der Waals surface area contributed by atoms with Crippen molar-refractivity contribution in [1.29, 1.82) is 0 Å². The molecule has 0 radical (unpaired) electrons. The van der Waals surface area contributed by atoms with E-state index in [0.29, 0.717) is 23.6 Å². The number of carbonyl (C=O) groups is 2. The molecule has 2 aliphatic rings. The van der Waals surface area contributed by atoms with Gasteiger partial charge in [0.1, 0.15) is 5.82 Å². The summed E-state index contributed by atoms with van der Waals surface area (Å²) in [5.41, 5.74) is 2.53. The number of rotatable bonds is 4. The molecule has 29 heavy (non-hydrogen) atoms. The second kappa shape index (κ2) is 7.60. The zero-order valence-corrected chi connectivity index (χ0v) is 16.8. The first kappa shape index (κ1) is 19.6. The van der Waals surface area contributed by atoms with Gasteiger partial charge in [-0.3, -0.25) is 9.59 Å². The van der Waals surface area contributed by atoms with E-state index in [-0.39, 0.29) is 30.0 Å². The molecule has 0 unspecified atom stereocenters. The summed E-state index contributed by atoms with van der Waals surface area (Å²) in [6, 6.07) is 7.41. The van der Waals surface area contributed by atoms with Crippen LogP contribution in [0.3, 0.4) is 0 Å². The monoisotopic (exact) mass is 418 g/mol. The number of fused-ring (bicyclic) bond motifs is 1. The SMILES string of the molecule is Cc1ccc(-n2nc3c(c2NC(=O)C(=O)NC[C@@H]2CCCO2)CS(=O)(=O)C3)cc1. The van der Waals surface area contributed by atoms with Crippen molar-refractivity contribution in [2.45, 2.75) is 37.4 Å². The Hall–Kier alpha value is -2.72. The van der Waals surface area contributed by atoms with E-state index >= 15 is 0 Å². The molecule has 1 aromatic carbocycles. The van der Waals surface area contributed by atoms with Crippen molar-refractivity contribution in [2.75, 3.05) is 18.5 Å². The first-order valence-electron chi connectivity index (χ1n) is 9.41. The minimum Gasteiger partial charge on any atom is -0.376 e. The van der Waals surface area contributed by atoms with Crippen LogP contribution in [0.2, 0.25) is 0 Å². The molecule has 0 spiro atoms. The maximum atomic E-state index is 12.5. The summed E-state index contributed by atoms with van der Waals surface area (Å²) < 4.78 is 30.9. The van der Waals surface area contributed by atoms with Crippen LogP contribution in [0.25, 0.3) is 5.69 Å². The normalized spacial score (nSPS) is 19.7. The van der Waals surface area contributed by atoms with E-state index in [9.17, 15) is 18.0 Å². The predicted molar refractivity (Wildman–Crippen MR) is 105 cm³/mol. The van der Waals surface area contributed by atoms with Gasteiger partial charge in [0.15, 0.2) is 9.84 Å². The van der Waals surface area contributed by atoms with Crippen LogP contribution in [0.15, 0.2) is 24.3 Å². The first-order valence-corrected chi connectivity index (χ1v) is 11.2. The lowest BCUT2D eigenvalue weighted by atomic mass is 10.2. The van der Waals surface area contributed by atoms with Gasteiger partial charge < -0.3 is 15.4 Å². The van der Waals surface area contributed by atoms with E-state index in [4.69, 9.17) is 4.74 Å². The fourth-order valence-corrected chi connectivity index (χ4v) is 4.99. The van der Waals surface area contributed by atoms with Crippen LogP contribution in [0.5, 0.6) is 0 Å². The van der Waals surface area contributed by atoms with Gasteiger partial charge in [-0.05, 0) is 31.9 Å². The Balaban J connectivity index is 1.57. The molecular formula is C19H22N4O5S. The molecule has 1 atom stereocenters. The van der Waals surface area contributed by atoms with E-state index in [0.717, 1.165) is 18.4 Å². The molecule has 1 fully saturated rings. The Bertz CT molecular complexity index is 1050. The lowest BCUT2D eigenvalue weighted by molar-refractivity contribution is -0.136. The molecule has 2 aromatic rings. The van der Waals surface area contributed by atoms with E-state index in [1.165, 1.54) is 4.68 Å². The number of nitrogens with zero attached hydrogens (tertiary/aromatic N) is 2. The molecule has 2 N–H and O–H groups in total. The number of sulfone groups is 1. The van der Waals surface area contributed by atoms with Gasteiger partial charge >= 0.3 is 11.8 Å². The largest absolute Gasteiger partial charge is 0.376 e. The number of amides is 2. The Morgan fingerprint density at radius 1 is 1.21 bits per heavy atom. The minimum absolute atomic E-state index is 0.0840. The van der Waals surface area contributed by atoms with Crippen LogP contribution < -0.4 is 10.6 Å². The summed E-state index contributed by atoms with van der Waals surface area (Å²) in [6.45, 7) is 2.86. The number of aryl methyl sites for hydroxylation is 1. The van der Waals surface area contributed by atoms with Crippen molar-refractivity contribution in [2.24, 2.45) is 0 Å². The van der Waals surface area contributed by atoms with Crippen molar-refractivity contribution >= 4 is 27.5 Å². The molecule has 1 saturated heterocycles. The fourth-order valence-electron chi connectivity index (χ4n) is 3.50. The zero-order valence-electron chi connectivity index (χ0n) is 16.0. The highest BCUT2D eigenvalue weighted by molar-refractivity contribution is 7.90. The average Bonchev–Trinajstić information content (AvgIpc) is 3.36. The number of nitrogens with one attached hydrogen (secondary N) is 2. The van der Waals surface area contributed by atoms with Gasteiger partial charge in [0.25, 0.3) is 0 Å². The Morgan fingerprint density at radius 2 is 1.97 bits per heavy atom. The molecule has 2 aliphatic heterocycles. The summed E-state index contributed by atoms with van der Waals surface area (Å²) >= 11 is 0. The number of hydrogen-bond donors (Lipinski definition) is 2. The molecule has 3 heterocycles. The van der Waals surface area contributed by atoms with Crippen LogP contribution in [-0.2, 0) is 35.7 Å². The van der Waals surface area contributed by atoms with Crippen LogP contribution in [-0.4, -0.2) is 49.3 Å². The minimum atomic E-state index is -3.31. The summed E-state index contributed by atoms with van der Waals surface area (Å²) in [5.74, 6) is -1.87. The second-order valence-electron chi connectivity index (χ2n) is 7.35. The molecule has 0 aliphatic carbocycles. The van der Waals surface area contributed by atoms with Crippen molar-refractivity contribution in [1.82, 2.24) is 15.1 Å². The Kier molecular flexibility index (Phi) is 5.13. The second-order valence-corrected chi connectivity index (χ2v) is 9.42. The third-order valence-corrected chi connectivity index (χ3v) is 6.46. The van der Waals surface area contributed by atoms with Crippen LogP contribution in [0.4, 0.5) is 5.82 Å². The third-order valence-electron chi connectivity index (χ3n) is 5.02. The van der Waals surface area contributed by atoms with Crippen LogP contribution in [0, 0.1) is 6.92 Å². The van der Waals surface area contributed by atoms with Crippen LogP contribution >= 0.6 is 0 Å². The smallest absolute Gasteiger partial charge is 0.314 e. The topological polar surface area (TPSA) is 119 Å². The molecule has 1 aromatic heterocycles. The maximum Gasteiger partial charge on any atom is 0.314 e. The molecule has 2 amide bonds. The van der Waals surface area contributed by atoms with Crippen molar-refractivity contribution in [3.05, 3.63) is 41.1 Å². The van der Waals surface area contributed by atoms with Gasteiger partial charge in [0.2, 0.25) is 0 Å². The van der Waals surface area contributed by atoms with E-state index in [2.05, 4.69) is 15.7 Å². The summed E-state index contributed by atoms with van der Waals surface area (Å²) in [6.07, 6.45) is 1.69. The highest BCUT2D eigenvalue weighted by Gasteiger charge is 2.34. The summed E-state index contributed by atoms with van der Waals surface area (Å²) in [5, 5.41) is 9.50. The lowest BCUT2D eigenvalue weighted by Gasteiger charge is -2.13. The van der Waals surface area contributed by atoms with Gasteiger partial charge in [-0.2, -0.15) is 5.10 Å². The Labute approximate surface area is 168 Å². The number of ether oxygens (including phenoxy) is 1. The average molecular weight is 418 g/mol. The van der Waals surface area contributed by atoms with E-state index in [1.54, 1.807) is 0 Å². The quantitative estimate of drug-likeness (QED) is 0.710. The lowest BCUT2D eigenvalue weighted by Crippen LogP contribution is -2.39. The predicted octanol–water partition coefficient (Wildman–Crippen LogP) is 0.843. The number of benzene rings is 1. The maximum absolute atomic E-state index is 12.5.